The maximum Gasteiger partial charge on any atom is 0.170 e. The van der Waals surface area contributed by atoms with Crippen LogP contribution in [0.2, 0.25) is 0 Å². The van der Waals surface area contributed by atoms with E-state index in [1.54, 1.807) is 12.1 Å². The third-order valence-corrected chi connectivity index (χ3v) is 2.50. The number of amidine groups is 1. The van der Waals surface area contributed by atoms with Crippen molar-refractivity contribution >= 4 is 5.84 Å². The van der Waals surface area contributed by atoms with Crippen LogP contribution in [0.1, 0.15) is 32.8 Å². The maximum absolute atomic E-state index is 8.51. The quantitative estimate of drug-likeness (QED) is 0.355. The molecule has 0 radical (unpaired) electrons. The van der Waals surface area contributed by atoms with Gasteiger partial charge in [-0.15, -0.1) is 0 Å². The molecule has 1 rings (SSSR count). The fourth-order valence-corrected chi connectivity index (χ4v) is 1.14. The van der Waals surface area contributed by atoms with Crippen LogP contribution in [-0.4, -0.2) is 16.6 Å². The van der Waals surface area contributed by atoms with Crippen LogP contribution in [0.15, 0.2) is 29.4 Å². The van der Waals surface area contributed by atoms with E-state index >= 15 is 0 Å². The van der Waals surface area contributed by atoms with Crippen molar-refractivity contribution in [3.63, 3.8) is 0 Å². The van der Waals surface area contributed by atoms with Crippen LogP contribution < -0.4 is 10.5 Å². The summed E-state index contributed by atoms with van der Waals surface area (Å²) in [5.41, 5.74) is 5.95. The van der Waals surface area contributed by atoms with Gasteiger partial charge in [-0.05, 0) is 44.5 Å². The Kier molecular flexibility index (Phi) is 3.77. The van der Waals surface area contributed by atoms with E-state index in [0.717, 1.165) is 12.2 Å². The summed E-state index contributed by atoms with van der Waals surface area (Å²) in [6.45, 7) is 6.14. The van der Waals surface area contributed by atoms with Crippen LogP contribution in [0.25, 0.3) is 0 Å². The minimum Gasteiger partial charge on any atom is -0.488 e. The van der Waals surface area contributed by atoms with Crippen LogP contribution >= 0.6 is 0 Å². The van der Waals surface area contributed by atoms with Crippen molar-refractivity contribution in [2.45, 2.75) is 32.8 Å². The summed E-state index contributed by atoms with van der Waals surface area (Å²) in [4.78, 5) is 0. The van der Waals surface area contributed by atoms with Crippen molar-refractivity contribution < 1.29 is 9.94 Å². The van der Waals surface area contributed by atoms with Gasteiger partial charge < -0.3 is 15.7 Å². The lowest BCUT2D eigenvalue weighted by Gasteiger charge is -2.24. The Hall–Kier alpha value is -1.71. The zero-order chi connectivity index (χ0) is 12.2. The summed E-state index contributed by atoms with van der Waals surface area (Å²) in [5, 5.41) is 11.4. The summed E-state index contributed by atoms with van der Waals surface area (Å²) in [6, 6.07) is 7.14. The van der Waals surface area contributed by atoms with Gasteiger partial charge in [0.05, 0.1) is 0 Å². The van der Waals surface area contributed by atoms with Crippen LogP contribution in [0.3, 0.4) is 0 Å². The van der Waals surface area contributed by atoms with Gasteiger partial charge in [0.15, 0.2) is 5.84 Å². The van der Waals surface area contributed by atoms with E-state index in [-0.39, 0.29) is 11.4 Å². The predicted molar refractivity (Wildman–Crippen MR) is 64.0 cm³/mol. The van der Waals surface area contributed by atoms with Gasteiger partial charge in [0, 0.05) is 5.56 Å². The van der Waals surface area contributed by atoms with Crippen LogP contribution in [0, 0.1) is 0 Å². The molecule has 0 fully saturated rings. The highest BCUT2D eigenvalue weighted by atomic mass is 16.5. The van der Waals surface area contributed by atoms with Gasteiger partial charge in [0.2, 0.25) is 0 Å². The number of ether oxygens (including phenoxy) is 1. The molecule has 0 unspecified atom stereocenters. The lowest BCUT2D eigenvalue weighted by atomic mass is 10.1. The highest BCUT2D eigenvalue weighted by Crippen LogP contribution is 2.21. The minimum atomic E-state index is -0.182. The first-order valence-electron chi connectivity index (χ1n) is 5.25. The summed E-state index contributed by atoms with van der Waals surface area (Å²) in [6.07, 6.45) is 0.926. The first kappa shape index (κ1) is 12.4. The summed E-state index contributed by atoms with van der Waals surface area (Å²) < 4.78 is 5.78. The molecule has 0 saturated heterocycles. The van der Waals surface area contributed by atoms with Crippen molar-refractivity contribution in [3.05, 3.63) is 29.8 Å². The second kappa shape index (κ2) is 4.88. The van der Waals surface area contributed by atoms with Crippen LogP contribution in [0.4, 0.5) is 0 Å². The fourth-order valence-electron chi connectivity index (χ4n) is 1.14. The molecule has 0 aromatic heterocycles. The molecule has 3 N–H and O–H groups in total. The number of hydrogen-bond acceptors (Lipinski definition) is 3. The van der Waals surface area contributed by atoms with E-state index in [1.165, 1.54) is 0 Å². The molecule has 0 bridgehead atoms. The van der Waals surface area contributed by atoms with E-state index in [0.29, 0.717) is 5.56 Å². The van der Waals surface area contributed by atoms with Crippen LogP contribution in [-0.2, 0) is 0 Å². The molecular formula is C12H18N2O2. The minimum absolute atomic E-state index is 0.0984. The zero-order valence-corrected chi connectivity index (χ0v) is 9.90. The number of oxime groups is 1. The Morgan fingerprint density at radius 3 is 2.38 bits per heavy atom. The average Bonchev–Trinajstić information content (AvgIpc) is 2.28. The molecule has 0 aliphatic carbocycles. The average molecular weight is 222 g/mol. The molecule has 0 aliphatic rings. The summed E-state index contributed by atoms with van der Waals surface area (Å²) in [5.74, 6) is 0.877. The third kappa shape index (κ3) is 3.15. The number of benzene rings is 1. The number of nitrogens with zero attached hydrogens (tertiary/aromatic N) is 1. The lowest BCUT2D eigenvalue weighted by Crippen LogP contribution is -2.26. The molecule has 0 aliphatic heterocycles. The van der Waals surface area contributed by atoms with Crippen molar-refractivity contribution in [1.29, 1.82) is 0 Å². The van der Waals surface area contributed by atoms with E-state index in [4.69, 9.17) is 15.7 Å². The monoisotopic (exact) mass is 222 g/mol. The number of hydrogen-bond donors (Lipinski definition) is 2. The van der Waals surface area contributed by atoms with Gasteiger partial charge >= 0.3 is 0 Å². The summed E-state index contributed by atoms with van der Waals surface area (Å²) in [7, 11) is 0. The molecule has 0 amide bonds. The Bertz CT molecular complexity index is 369. The topological polar surface area (TPSA) is 67.8 Å². The largest absolute Gasteiger partial charge is 0.488 e. The van der Waals surface area contributed by atoms with Crippen molar-refractivity contribution in [3.8, 4) is 5.75 Å². The highest BCUT2D eigenvalue weighted by Gasteiger charge is 2.16. The molecule has 4 nitrogen and oxygen atoms in total. The van der Waals surface area contributed by atoms with Gasteiger partial charge in [-0.2, -0.15) is 0 Å². The Morgan fingerprint density at radius 1 is 1.38 bits per heavy atom. The van der Waals surface area contributed by atoms with Crippen molar-refractivity contribution in [2.75, 3.05) is 0 Å². The maximum atomic E-state index is 8.51. The number of rotatable bonds is 4. The second-order valence-electron chi connectivity index (χ2n) is 4.22. The van der Waals surface area contributed by atoms with Crippen molar-refractivity contribution in [1.82, 2.24) is 0 Å². The predicted octanol–water partition coefficient (Wildman–Crippen LogP) is 2.35. The van der Waals surface area contributed by atoms with Gasteiger partial charge in [0.25, 0.3) is 0 Å². The SMILES string of the molecule is CCC(C)(C)Oc1ccc(/C(N)=N/O)cc1. The molecule has 4 heteroatoms. The molecular weight excluding hydrogens is 204 g/mol. The van der Waals surface area contributed by atoms with E-state index in [1.807, 2.05) is 26.0 Å². The van der Waals surface area contributed by atoms with Gasteiger partial charge in [0.1, 0.15) is 11.4 Å². The van der Waals surface area contributed by atoms with E-state index in [2.05, 4.69) is 12.1 Å². The Balaban J connectivity index is 2.80. The second-order valence-corrected chi connectivity index (χ2v) is 4.22. The highest BCUT2D eigenvalue weighted by molar-refractivity contribution is 5.97. The molecule has 88 valence electrons. The van der Waals surface area contributed by atoms with E-state index in [9.17, 15) is 0 Å². The first-order valence-corrected chi connectivity index (χ1v) is 5.25. The lowest BCUT2D eigenvalue weighted by molar-refractivity contribution is 0.105. The molecule has 0 saturated carbocycles. The third-order valence-electron chi connectivity index (χ3n) is 2.50. The smallest absolute Gasteiger partial charge is 0.170 e. The Labute approximate surface area is 95.7 Å². The molecule has 1 aromatic rings. The Morgan fingerprint density at radius 2 is 1.94 bits per heavy atom. The molecule has 0 heterocycles. The zero-order valence-electron chi connectivity index (χ0n) is 9.90. The molecule has 1 aromatic carbocycles. The first-order chi connectivity index (χ1) is 7.48. The molecule has 0 atom stereocenters. The van der Waals surface area contributed by atoms with Gasteiger partial charge in [-0.1, -0.05) is 12.1 Å². The van der Waals surface area contributed by atoms with Gasteiger partial charge in [-0.3, -0.25) is 0 Å². The summed E-state index contributed by atoms with van der Waals surface area (Å²) >= 11 is 0. The fraction of sp³-hybridized carbons (Fsp3) is 0.417. The number of nitrogens with two attached hydrogens (primary N) is 1. The standard InChI is InChI=1S/C12H18N2O2/c1-4-12(2,3)16-10-7-5-9(6-8-10)11(13)14-15/h5-8,15H,4H2,1-3H3,(H2,13,14). The van der Waals surface area contributed by atoms with Crippen molar-refractivity contribution in [2.24, 2.45) is 10.9 Å². The van der Waals surface area contributed by atoms with E-state index < -0.39 is 0 Å². The van der Waals surface area contributed by atoms with Crippen LogP contribution in [0.5, 0.6) is 5.75 Å². The normalized spacial score (nSPS) is 12.6. The molecule has 16 heavy (non-hydrogen) atoms. The molecule has 0 spiro atoms. The van der Waals surface area contributed by atoms with Gasteiger partial charge in [-0.25, -0.2) is 0 Å².